The SMILES string of the molecule is C#CCC(CC)NCC(O)COc1ccc(C)cc1. The van der Waals surface area contributed by atoms with E-state index in [0.717, 1.165) is 12.2 Å². The Balaban J connectivity index is 2.26. The molecular weight excluding hydrogens is 238 g/mol. The van der Waals surface area contributed by atoms with Gasteiger partial charge in [-0.25, -0.2) is 0 Å². The highest BCUT2D eigenvalue weighted by Gasteiger charge is 2.09. The van der Waals surface area contributed by atoms with Crippen LogP contribution in [0.4, 0.5) is 0 Å². The van der Waals surface area contributed by atoms with E-state index in [1.807, 2.05) is 31.2 Å². The Hall–Kier alpha value is -1.50. The highest BCUT2D eigenvalue weighted by molar-refractivity contribution is 5.26. The molecule has 2 N–H and O–H groups in total. The summed E-state index contributed by atoms with van der Waals surface area (Å²) in [5, 5.41) is 13.1. The van der Waals surface area contributed by atoms with Crippen LogP contribution in [0.5, 0.6) is 5.75 Å². The number of terminal acetylenes is 1. The Kier molecular flexibility index (Phi) is 7.02. The third kappa shape index (κ3) is 6.28. The molecule has 0 amide bonds. The van der Waals surface area contributed by atoms with Gasteiger partial charge in [-0.15, -0.1) is 12.3 Å². The van der Waals surface area contributed by atoms with Gasteiger partial charge in [-0.3, -0.25) is 0 Å². The minimum absolute atomic E-state index is 0.263. The standard InChI is InChI=1S/C16H23NO2/c1-4-6-14(5-2)17-11-15(18)12-19-16-9-7-13(3)8-10-16/h1,7-10,14-15,17-18H,5-6,11-12H2,2-3H3. The van der Waals surface area contributed by atoms with Crippen LogP contribution in [0, 0.1) is 19.3 Å². The number of aliphatic hydroxyl groups is 1. The van der Waals surface area contributed by atoms with E-state index in [1.165, 1.54) is 5.56 Å². The highest BCUT2D eigenvalue weighted by Crippen LogP contribution is 2.11. The lowest BCUT2D eigenvalue weighted by atomic mass is 10.1. The Bertz CT molecular complexity index is 394. The Morgan fingerprint density at radius 2 is 2.05 bits per heavy atom. The number of benzene rings is 1. The Labute approximate surface area is 116 Å². The first-order valence-corrected chi connectivity index (χ1v) is 6.70. The molecule has 1 aromatic carbocycles. The molecule has 0 spiro atoms. The summed E-state index contributed by atoms with van der Waals surface area (Å²) < 4.78 is 5.52. The van der Waals surface area contributed by atoms with Gasteiger partial charge in [0.15, 0.2) is 0 Å². The molecule has 1 rings (SSSR count). The van der Waals surface area contributed by atoms with Crippen LogP contribution >= 0.6 is 0 Å². The van der Waals surface area contributed by atoms with Gasteiger partial charge in [-0.1, -0.05) is 24.6 Å². The van der Waals surface area contributed by atoms with Gasteiger partial charge >= 0.3 is 0 Å². The van der Waals surface area contributed by atoms with Crippen LogP contribution in [-0.2, 0) is 0 Å². The van der Waals surface area contributed by atoms with E-state index >= 15 is 0 Å². The predicted octanol–water partition coefficient (Wildman–Crippen LogP) is 2.13. The molecule has 0 fully saturated rings. The van der Waals surface area contributed by atoms with Gasteiger partial charge in [0, 0.05) is 19.0 Å². The second kappa shape index (κ2) is 8.58. The van der Waals surface area contributed by atoms with Crippen molar-refractivity contribution in [2.75, 3.05) is 13.2 Å². The van der Waals surface area contributed by atoms with Gasteiger partial charge in [0.25, 0.3) is 0 Å². The van der Waals surface area contributed by atoms with Crippen molar-refractivity contribution in [3.63, 3.8) is 0 Å². The second-order valence-electron chi connectivity index (χ2n) is 4.70. The largest absolute Gasteiger partial charge is 0.491 e. The molecule has 1 aromatic rings. The molecule has 0 aromatic heterocycles. The summed E-state index contributed by atoms with van der Waals surface area (Å²) in [4.78, 5) is 0. The van der Waals surface area contributed by atoms with Gasteiger partial charge in [-0.05, 0) is 25.5 Å². The number of hydrogen-bond donors (Lipinski definition) is 2. The van der Waals surface area contributed by atoms with Gasteiger partial charge in [0.05, 0.1) is 0 Å². The summed E-state index contributed by atoms with van der Waals surface area (Å²) in [5.74, 6) is 3.41. The third-order valence-electron chi connectivity index (χ3n) is 2.96. The van der Waals surface area contributed by atoms with Crippen molar-refractivity contribution < 1.29 is 9.84 Å². The lowest BCUT2D eigenvalue weighted by Crippen LogP contribution is -2.37. The molecular formula is C16H23NO2. The van der Waals surface area contributed by atoms with Crippen molar-refractivity contribution in [1.82, 2.24) is 5.32 Å². The first-order valence-electron chi connectivity index (χ1n) is 6.70. The van der Waals surface area contributed by atoms with Crippen LogP contribution in [0.2, 0.25) is 0 Å². The van der Waals surface area contributed by atoms with Crippen molar-refractivity contribution in [1.29, 1.82) is 0 Å². The maximum absolute atomic E-state index is 9.84. The molecule has 0 aliphatic heterocycles. The summed E-state index contributed by atoms with van der Waals surface area (Å²) >= 11 is 0. The molecule has 3 heteroatoms. The number of aliphatic hydroxyl groups excluding tert-OH is 1. The molecule has 0 heterocycles. The van der Waals surface area contributed by atoms with E-state index in [4.69, 9.17) is 11.2 Å². The topological polar surface area (TPSA) is 41.5 Å². The normalized spacial score (nSPS) is 13.6. The fraction of sp³-hybridized carbons (Fsp3) is 0.500. The van der Waals surface area contributed by atoms with E-state index in [-0.39, 0.29) is 12.6 Å². The first-order chi connectivity index (χ1) is 9.15. The molecule has 2 atom stereocenters. The van der Waals surface area contributed by atoms with Gasteiger partial charge in [0.2, 0.25) is 0 Å². The van der Waals surface area contributed by atoms with Crippen LogP contribution in [-0.4, -0.2) is 30.4 Å². The fourth-order valence-electron chi connectivity index (χ4n) is 1.69. The molecule has 0 saturated heterocycles. The monoisotopic (exact) mass is 261 g/mol. The number of aryl methyl sites for hydroxylation is 1. The smallest absolute Gasteiger partial charge is 0.119 e. The minimum atomic E-state index is -0.534. The molecule has 0 aliphatic carbocycles. The van der Waals surface area contributed by atoms with Crippen molar-refractivity contribution in [2.45, 2.75) is 38.8 Å². The van der Waals surface area contributed by atoms with E-state index in [9.17, 15) is 5.11 Å². The maximum atomic E-state index is 9.84. The number of nitrogens with one attached hydrogen (secondary N) is 1. The maximum Gasteiger partial charge on any atom is 0.119 e. The van der Waals surface area contributed by atoms with E-state index in [1.54, 1.807) is 0 Å². The molecule has 3 nitrogen and oxygen atoms in total. The van der Waals surface area contributed by atoms with Gasteiger partial charge in [0.1, 0.15) is 18.5 Å². The molecule has 0 bridgehead atoms. The van der Waals surface area contributed by atoms with E-state index < -0.39 is 6.10 Å². The molecule has 0 saturated carbocycles. The van der Waals surface area contributed by atoms with Crippen LogP contribution in [0.1, 0.15) is 25.3 Å². The molecule has 0 aliphatic rings. The van der Waals surface area contributed by atoms with E-state index in [0.29, 0.717) is 13.0 Å². The quantitative estimate of drug-likeness (QED) is 0.704. The van der Waals surface area contributed by atoms with Crippen LogP contribution < -0.4 is 10.1 Å². The van der Waals surface area contributed by atoms with Gasteiger partial charge in [-0.2, -0.15) is 0 Å². The Morgan fingerprint density at radius 3 is 2.63 bits per heavy atom. The van der Waals surface area contributed by atoms with Crippen molar-refractivity contribution in [2.24, 2.45) is 0 Å². The highest BCUT2D eigenvalue weighted by atomic mass is 16.5. The van der Waals surface area contributed by atoms with Crippen LogP contribution in [0.25, 0.3) is 0 Å². The summed E-state index contributed by atoms with van der Waals surface area (Å²) in [6, 6.07) is 8.05. The lowest BCUT2D eigenvalue weighted by Gasteiger charge is -2.18. The molecule has 0 radical (unpaired) electrons. The predicted molar refractivity (Wildman–Crippen MR) is 78.2 cm³/mol. The number of rotatable bonds is 8. The zero-order valence-electron chi connectivity index (χ0n) is 11.7. The number of ether oxygens (including phenoxy) is 1. The summed E-state index contributed by atoms with van der Waals surface area (Å²) in [7, 11) is 0. The van der Waals surface area contributed by atoms with E-state index in [2.05, 4.69) is 18.2 Å². The molecule has 19 heavy (non-hydrogen) atoms. The summed E-state index contributed by atoms with van der Waals surface area (Å²) in [5.41, 5.74) is 1.19. The first kappa shape index (κ1) is 15.6. The zero-order valence-corrected chi connectivity index (χ0v) is 11.7. The molecule has 2 unspecified atom stereocenters. The Morgan fingerprint density at radius 1 is 1.37 bits per heavy atom. The summed E-state index contributed by atoms with van der Waals surface area (Å²) in [6.45, 7) is 4.87. The lowest BCUT2D eigenvalue weighted by molar-refractivity contribution is 0.103. The molecule has 104 valence electrons. The van der Waals surface area contributed by atoms with Crippen molar-refractivity contribution in [3.05, 3.63) is 29.8 Å². The zero-order chi connectivity index (χ0) is 14.1. The van der Waals surface area contributed by atoms with Crippen molar-refractivity contribution in [3.8, 4) is 18.1 Å². The van der Waals surface area contributed by atoms with Crippen LogP contribution in [0.15, 0.2) is 24.3 Å². The second-order valence-corrected chi connectivity index (χ2v) is 4.70. The summed E-state index contributed by atoms with van der Waals surface area (Å²) in [6.07, 6.45) is 6.38. The number of hydrogen-bond acceptors (Lipinski definition) is 3. The van der Waals surface area contributed by atoms with Crippen LogP contribution in [0.3, 0.4) is 0 Å². The minimum Gasteiger partial charge on any atom is -0.491 e. The third-order valence-corrected chi connectivity index (χ3v) is 2.96. The average molecular weight is 261 g/mol. The van der Waals surface area contributed by atoms with Crippen molar-refractivity contribution >= 4 is 0 Å². The van der Waals surface area contributed by atoms with Gasteiger partial charge < -0.3 is 15.2 Å². The average Bonchev–Trinajstić information content (AvgIpc) is 2.42. The fourth-order valence-corrected chi connectivity index (χ4v) is 1.69.